The van der Waals surface area contributed by atoms with Crippen molar-refractivity contribution in [2.45, 2.75) is 360 Å². The summed E-state index contributed by atoms with van der Waals surface area (Å²) >= 11 is 0. The molecular weight excluding hydrogens is 863 g/mol. The molecule has 0 bridgehead atoms. The number of esters is 1. The Morgan fingerprint density at radius 2 is 0.714 bits per heavy atom. The van der Waals surface area contributed by atoms with Crippen LogP contribution in [0.25, 0.3) is 0 Å². The summed E-state index contributed by atoms with van der Waals surface area (Å²) < 4.78 is 5.48. The Balaban J connectivity index is 3.42. The van der Waals surface area contributed by atoms with E-state index < -0.39 is 12.1 Å². The lowest BCUT2D eigenvalue weighted by Crippen LogP contribution is -2.45. The fourth-order valence-corrected chi connectivity index (χ4v) is 9.91. The Kier molecular flexibility index (Phi) is 58.5. The molecule has 0 aliphatic rings. The van der Waals surface area contributed by atoms with Crippen LogP contribution in [0.4, 0.5) is 0 Å². The Bertz CT molecular complexity index is 1090. The third-order valence-corrected chi connectivity index (χ3v) is 14.8. The first-order valence-electron chi connectivity index (χ1n) is 31.6. The molecule has 414 valence electrons. The van der Waals surface area contributed by atoms with Gasteiger partial charge in [-0.15, -0.1) is 0 Å². The number of aliphatic hydroxyl groups excluding tert-OH is 2. The van der Waals surface area contributed by atoms with Crippen LogP contribution in [0.5, 0.6) is 0 Å². The van der Waals surface area contributed by atoms with Crippen molar-refractivity contribution in [3.05, 3.63) is 24.3 Å². The molecular formula is C64H123NO5. The molecule has 2 atom stereocenters. The molecule has 0 radical (unpaired) electrons. The number of unbranched alkanes of at least 4 members (excludes halogenated alkanes) is 44. The summed E-state index contributed by atoms with van der Waals surface area (Å²) in [6, 6.07) is -0.547. The third kappa shape index (κ3) is 55.7. The fourth-order valence-electron chi connectivity index (χ4n) is 9.91. The van der Waals surface area contributed by atoms with Crippen LogP contribution in [0.15, 0.2) is 24.3 Å². The second-order valence-corrected chi connectivity index (χ2v) is 21.7. The molecule has 1 amide bonds. The number of nitrogens with one attached hydrogen (secondary N) is 1. The van der Waals surface area contributed by atoms with Crippen LogP contribution < -0.4 is 5.32 Å². The summed E-state index contributed by atoms with van der Waals surface area (Å²) in [6.07, 6.45) is 73.2. The number of hydrogen-bond acceptors (Lipinski definition) is 5. The first kappa shape index (κ1) is 68.3. The molecule has 0 aliphatic carbocycles. The zero-order chi connectivity index (χ0) is 50.7. The van der Waals surface area contributed by atoms with E-state index >= 15 is 0 Å². The fraction of sp³-hybridized carbons (Fsp3) is 0.906. The minimum atomic E-state index is -0.669. The number of rotatable bonds is 59. The zero-order valence-corrected chi connectivity index (χ0v) is 47.3. The van der Waals surface area contributed by atoms with Crippen molar-refractivity contribution in [1.82, 2.24) is 5.32 Å². The lowest BCUT2D eigenvalue weighted by Gasteiger charge is -2.22. The number of ether oxygens (including phenoxy) is 1. The van der Waals surface area contributed by atoms with Gasteiger partial charge in [0.25, 0.3) is 0 Å². The normalized spacial score (nSPS) is 12.7. The topological polar surface area (TPSA) is 95.9 Å². The van der Waals surface area contributed by atoms with Gasteiger partial charge >= 0.3 is 5.97 Å². The Labute approximate surface area is 437 Å². The minimum Gasteiger partial charge on any atom is -0.466 e. The number of amides is 1. The summed E-state index contributed by atoms with van der Waals surface area (Å²) in [5.74, 6) is -0.0447. The number of allylic oxidation sites excluding steroid dienone is 4. The van der Waals surface area contributed by atoms with Gasteiger partial charge in [0, 0.05) is 12.8 Å². The highest BCUT2D eigenvalue weighted by molar-refractivity contribution is 5.76. The average molecular weight is 987 g/mol. The van der Waals surface area contributed by atoms with Crippen LogP contribution >= 0.6 is 0 Å². The monoisotopic (exact) mass is 986 g/mol. The third-order valence-electron chi connectivity index (χ3n) is 14.8. The number of aliphatic hydroxyl groups is 2. The highest BCUT2D eigenvalue weighted by Gasteiger charge is 2.20. The summed E-state index contributed by atoms with van der Waals surface area (Å²) in [4.78, 5) is 24.6. The maximum absolute atomic E-state index is 12.5. The van der Waals surface area contributed by atoms with Crippen molar-refractivity contribution in [3.63, 3.8) is 0 Å². The molecule has 2 unspecified atom stereocenters. The second kappa shape index (κ2) is 59.9. The van der Waals surface area contributed by atoms with E-state index in [0.717, 1.165) is 51.4 Å². The van der Waals surface area contributed by atoms with Crippen LogP contribution in [0.3, 0.4) is 0 Å². The first-order valence-corrected chi connectivity index (χ1v) is 31.6. The largest absolute Gasteiger partial charge is 0.466 e. The van der Waals surface area contributed by atoms with E-state index in [1.54, 1.807) is 0 Å². The molecule has 0 fully saturated rings. The smallest absolute Gasteiger partial charge is 0.305 e. The minimum absolute atomic E-state index is 0.00727. The van der Waals surface area contributed by atoms with Crippen molar-refractivity contribution >= 4 is 11.9 Å². The molecule has 0 aromatic carbocycles. The van der Waals surface area contributed by atoms with Gasteiger partial charge in [0.05, 0.1) is 25.4 Å². The van der Waals surface area contributed by atoms with Crippen LogP contribution in [0.1, 0.15) is 348 Å². The number of hydrogen-bond donors (Lipinski definition) is 3. The van der Waals surface area contributed by atoms with Gasteiger partial charge < -0.3 is 20.3 Å². The van der Waals surface area contributed by atoms with Crippen LogP contribution in [-0.4, -0.2) is 47.4 Å². The Morgan fingerprint density at radius 3 is 1.10 bits per heavy atom. The molecule has 0 saturated heterocycles. The molecule has 0 heterocycles. The van der Waals surface area contributed by atoms with E-state index in [-0.39, 0.29) is 18.5 Å². The molecule has 0 aromatic heterocycles. The summed E-state index contributed by atoms with van der Waals surface area (Å²) in [7, 11) is 0. The van der Waals surface area contributed by atoms with E-state index in [4.69, 9.17) is 4.74 Å². The van der Waals surface area contributed by atoms with Crippen molar-refractivity contribution in [2.24, 2.45) is 0 Å². The molecule has 0 aromatic rings. The molecule has 6 heteroatoms. The average Bonchev–Trinajstić information content (AvgIpc) is 3.36. The summed E-state index contributed by atoms with van der Waals surface area (Å²) in [6.45, 7) is 4.94. The van der Waals surface area contributed by atoms with Crippen molar-refractivity contribution in [3.8, 4) is 0 Å². The molecule has 0 rings (SSSR count). The molecule has 70 heavy (non-hydrogen) atoms. The standard InChI is InChI=1S/C64H123NO5/c1-3-5-7-9-11-13-15-17-19-21-22-23-25-28-32-36-40-44-48-52-56-62(67)61(60-66)65-63(68)57-53-49-45-41-37-33-29-26-24-27-31-35-39-43-47-51-55-59-70-64(69)58-54-50-46-42-38-34-30-20-18-16-14-12-10-8-6-4-2/h14,16,20,30,61-62,66-67H,3-13,15,17-19,21-29,31-60H2,1-2H3,(H,65,68)/b16-14-,30-20-. The number of carbonyl (C=O) groups is 2. The maximum Gasteiger partial charge on any atom is 0.305 e. The second-order valence-electron chi connectivity index (χ2n) is 21.7. The van der Waals surface area contributed by atoms with Gasteiger partial charge in [0.2, 0.25) is 5.91 Å². The lowest BCUT2D eigenvalue weighted by atomic mass is 10.0. The quantitative estimate of drug-likeness (QED) is 0.0321. The number of carbonyl (C=O) groups excluding carboxylic acids is 2. The molecule has 3 N–H and O–H groups in total. The van der Waals surface area contributed by atoms with Crippen molar-refractivity contribution in [1.29, 1.82) is 0 Å². The van der Waals surface area contributed by atoms with E-state index in [2.05, 4.69) is 43.5 Å². The van der Waals surface area contributed by atoms with E-state index in [1.165, 1.54) is 263 Å². The SMILES string of the molecule is CCCCCC/C=C\C/C=C\CCCCCCCC(=O)OCCCCCCCCCCCCCCCCCCCC(=O)NC(CO)C(O)CCCCCCCCCCCCCCCCCCCCCC. The molecule has 6 nitrogen and oxygen atoms in total. The van der Waals surface area contributed by atoms with Crippen LogP contribution in [-0.2, 0) is 14.3 Å². The van der Waals surface area contributed by atoms with Gasteiger partial charge in [-0.25, -0.2) is 0 Å². The van der Waals surface area contributed by atoms with Gasteiger partial charge in [-0.05, 0) is 57.8 Å². The van der Waals surface area contributed by atoms with Gasteiger partial charge in [0.1, 0.15) is 0 Å². The zero-order valence-electron chi connectivity index (χ0n) is 47.3. The van der Waals surface area contributed by atoms with E-state index in [0.29, 0.717) is 25.9 Å². The molecule has 0 saturated carbocycles. The Morgan fingerprint density at radius 1 is 0.400 bits per heavy atom. The van der Waals surface area contributed by atoms with Gasteiger partial charge in [-0.1, -0.05) is 301 Å². The van der Waals surface area contributed by atoms with E-state index in [9.17, 15) is 19.8 Å². The van der Waals surface area contributed by atoms with Crippen LogP contribution in [0, 0.1) is 0 Å². The Hall–Kier alpha value is -1.66. The lowest BCUT2D eigenvalue weighted by molar-refractivity contribution is -0.143. The molecule has 0 spiro atoms. The van der Waals surface area contributed by atoms with Crippen LogP contribution in [0.2, 0.25) is 0 Å². The van der Waals surface area contributed by atoms with Gasteiger partial charge in [-0.3, -0.25) is 9.59 Å². The highest BCUT2D eigenvalue weighted by atomic mass is 16.5. The van der Waals surface area contributed by atoms with Gasteiger partial charge in [0.15, 0.2) is 0 Å². The van der Waals surface area contributed by atoms with Crippen molar-refractivity contribution in [2.75, 3.05) is 13.2 Å². The first-order chi connectivity index (χ1) is 34.5. The predicted octanol–water partition coefficient (Wildman–Crippen LogP) is 19.8. The summed E-state index contributed by atoms with van der Waals surface area (Å²) in [5, 5.41) is 23.4. The summed E-state index contributed by atoms with van der Waals surface area (Å²) in [5.41, 5.74) is 0. The predicted molar refractivity (Wildman–Crippen MR) is 306 cm³/mol. The van der Waals surface area contributed by atoms with Crippen molar-refractivity contribution < 1.29 is 24.5 Å². The van der Waals surface area contributed by atoms with E-state index in [1.807, 2.05) is 0 Å². The van der Waals surface area contributed by atoms with Gasteiger partial charge in [-0.2, -0.15) is 0 Å². The highest BCUT2D eigenvalue weighted by Crippen LogP contribution is 2.18. The molecule has 0 aliphatic heterocycles. The maximum atomic E-state index is 12.5.